The minimum atomic E-state index is -0.750. The quantitative estimate of drug-likeness (QED) is 0.613. The minimum absolute atomic E-state index is 0.296. The summed E-state index contributed by atoms with van der Waals surface area (Å²) >= 11 is 14.4. The molecule has 1 heterocycles. The average Bonchev–Trinajstić information content (AvgIpc) is 2.15. The second kappa shape index (κ2) is 5.89. The van der Waals surface area contributed by atoms with E-state index in [1.54, 1.807) is 0 Å². The number of cyclic esters (lactones) is 1. The normalized spacial score (nSPS) is 15.4. The second-order valence-electron chi connectivity index (χ2n) is 1.31. The highest BCUT2D eigenvalue weighted by atomic mass is 35.6. The van der Waals surface area contributed by atoms with Crippen molar-refractivity contribution < 1.29 is 9.53 Å². The molecule has 0 bridgehead atoms. The SMILES string of the molecule is ClC(Cl)Cl.O=C1NCCO1. The van der Waals surface area contributed by atoms with Crippen LogP contribution in [0, 0.1) is 0 Å². The molecule has 1 fully saturated rings. The van der Waals surface area contributed by atoms with Gasteiger partial charge in [-0.05, 0) is 0 Å². The summed E-state index contributed by atoms with van der Waals surface area (Å²) in [5.74, 6) is 0. The van der Waals surface area contributed by atoms with Crippen LogP contribution >= 0.6 is 34.8 Å². The highest BCUT2D eigenvalue weighted by molar-refractivity contribution is 6.63. The van der Waals surface area contributed by atoms with Crippen molar-refractivity contribution >= 4 is 40.9 Å². The lowest BCUT2D eigenvalue weighted by molar-refractivity contribution is 0.178. The Labute approximate surface area is 73.6 Å². The van der Waals surface area contributed by atoms with Crippen molar-refractivity contribution in [2.45, 2.75) is 4.30 Å². The molecule has 1 aliphatic rings. The van der Waals surface area contributed by atoms with Gasteiger partial charge in [0.15, 0.2) is 4.30 Å². The molecule has 0 spiro atoms. The summed E-state index contributed by atoms with van der Waals surface area (Å²) in [6.45, 7) is 1.19. The topological polar surface area (TPSA) is 38.3 Å². The van der Waals surface area contributed by atoms with Gasteiger partial charge in [0.2, 0.25) is 0 Å². The van der Waals surface area contributed by atoms with Gasteiger partial charge in [-0.25, -0.2) is 4.79 Å². The lowest BCUT2D eigenvalue weighted by Gasteiger charge is -1.80. The number of alkyl halides is 3. The third-order valence-electron chi connectivity index (χ3n) is 0.605. The molecule has 1 rings (SSSR count). The Morgan fingerprint density at radius 3 is 2.10 bits per heavy atom. The molecule has 1 aliphatic heterocycles. The second-order valence-corrected chi connectivity index (χ2v) is 3.29. The van der Waals surface area contributed by atoms with Crippen molar-refractivity contribution in [3.8, 4) is 0 Å². The number of nitrogens with one attached hydrogen (secondary N) is 1. The van der Waals surface area contributed by atoms with Crippen LogP contribution in [0.5, 0.6) is 0 Å². The first-order valence-electron chi connectivity index (χ1n) is 2.46. The summed E-state index contributed by atoms with van der Waals surface area (Å²) in [4.78, 5) is 9.91. The van der Waals surface area contributed by atoms with E-state index in [2.05, 4.69) is 10.1 Å². The van der Waals surface area contributed by atoms with E-state index in [0.717, 1.165) is 0 Å². The van der Waals surface area contributed by atoms with Crippen molar-refractivity contribution in [2.24, 2.45) is 0 Å². The fourth-order valence-electron chi connectivity index (χ4n) is 0.348. The molecule has 60 valence electrons. The number of amides is 1. The van der Waals surface area contributed by atoms with Gasteiger partial charge >= 0.3 is 6.09 Å². The van der Waals surface area contributed by atoms with Crippen LogP contribution in [-0.4, -0.2) is 23.5 Å². The van der Waals surface area contributed by atoms with Crippen LogP contribution in [0.2, 0.25) is 0 Å². The zero-order valence-electron chi connectivity index (χ0n) is 4.94. The first-order chi connectivity index (χ1) is 4.63. The monoisotopic (exact) mass is 205 g/mol. The van der Waals surface area contributed by atoms with E-state index >= 15 is 0 Å². The summed E-state index contributed by atoms with van der Waals surface area (Å²) in [7, 11) is 0. The Balaban J connectivity index is 0.000000180. The van der Waals surface area contributed by atoms with Gasteiger partial charge in [-0.2, -0.15) is 0 Å². The molecule has 6 heteroatoms. The van der Waals surface area contributed by atoms with Gasteiger partial charge in [0, 0.05) is 0 Å². The molecule has 0 aliphatic carbocycles. The van der Waals surface area contributed by atoms with Gasteiger partial charge in [0.1, 0.15) is 6.61 Å². The van der Waals surface area contributed by atoms with E-state index in [-0.39, 0.29) is 6.09 Å². The van der Waals surface area contributed by atoms with Crippen LogP contribution in [0.4, 0.5) is 4.79 Å². The maximum atomic E-state index is 9.91. The third kappa shape index (κ3) is 8.14. The van der Waals surface area contributed by atoms with Crippen LogP contribution in [0.25, 0.3) is 0 Å². The molecule has 1 N–H and O–H groups in total. The molecule has 3 nitrogen and oxygen atoms in total. The molecule has 0 saturated carbocycles. The summed E-state index contributed by atoms with van der Waals surface area (Å²) in [6.07, 6.45) is -0.296. The maximum absolute atomic E-state index is 9.91. The van der Waals surface area contributed by atoms with Crippen molar-refractivity contribution in [1.82, 2.24) is 5.32 Å². The third-order valence-corrected chi connectivity index (χ3v) is 0.605. The smallest absolute Gasteiger partial charge is 0.407 e. The molecular formula is C4H6Cl3NO2. The Morgan fingerprint density at radius 1 is 1.50 bits per heavy atom. The van der Waals surface area contributed by atoms with E-state index in [1.807, 2.05) is 0 Å². The predicted molar refractivity (Wildman–Crippen MR) is 40.7 cm³/mol. The van der Waals surface area contributed by atoms with Gasteiger partial charge in [0.25, 0.3) is 0 Å². The van der Waals surface area contributed by atoms with Crippen LogP contribution in [0.3, 0.4) is 0 Å². The van der Waals surface area contributed by atoms with E-state index in [0.29, 0.717) is 13.2 Å². The van der Waals surface area contributed by atoms with Gasteiger partial charge < -0.3 is 10.1 Å². The van der Waals surface area contributed by atoms with Crippen molar-refractivity contribution in [2.75, 3.05) is 13.2 Å². The maximum Gasteiger partial charge on any atom is 0.407 e. The van der Waals surface area contributed by atoms with Crippen molar-refractivity contribution in [3.63, 3.8) is 0 Å². The molecule has 0 aromatic rings. The number of carbonyl (C=O) groups excluding carboxylic acids is 1. The summed E-state index contributed by atoms with van der Waals surface area (Å²) in [6, 6.07) is 0. The first kappa shape index (κ1) is 10.1. The van der Waals surface area contributed by atoms with Crippen LogP contribution in [-0.2, 0) is 4.74 Å². The Hall–Kier alpha value is 0.140. The number of hydrogen-bond donors (Lipinski definition) is 1. The summed E-state index contributed by atoms with van der Waals surface area (Å²) in [5, 5.41) is 2.46. The number of alkyl carbamates (subject to hydrolysis) is 1. The zero-order chi connectivity index (χ0) is 7.98. The van der Waals surface area contributed by atoms with Crippen molar-refractivity contribution in [3.05, 3.63) is 0 Å². The molecule has 10 heavy (non-hydrogen) atoms. The molecule has 1 amide bonds. The zero-order valence-corrected chi connectivity index (χ0v) is 7.21. The standard InChI is InChI=1S/C3H5NO2.CHCl3/c5-3-4-1-2-6-3;2-1(3)4/h1-2H2,(H,4,5);1H. The number of hydrogen-bond acceptors (Lipinski definition) is 2. The lowest BCUT2D eigenvalue weighted by Crippen LogP contribution is -2.11. The largest absolute Gasteiger partial charge is 0.448 e. The van der Waals surface area contributed by atoms with Gasteiger partial charge in [0.05, 0.1) is 6.54 Å². The molecule has 0 aromatic heterocycles. The van der Waals surface area contributed by atoms with Gasteiger partial charge in [-0.3, -0.25) is 0 Å². The molecule has 0 radical (unpaired) electrons. The molecule has 0 aromatic carbocycles. The van der Waals surface area contributed by atoms with Crippen LogP contribution in [0.1, 0.15) is 0 Å². The fraction of sp³-hybridized carbons (Fsp3) is 0.750. The summed E-state index contributed by atoms with van der Waals surface area (Å²) in [5.41, 5.74) is 0. The predicted octanol–water partition coefficient (Wildman–Crippen LogP) is 1.71. The average molecular weight is 206 g/mol. The van der Waals surface area contributed by atoms with E-state index < -0.39 is 4.30 Å². The lowest BCUT2D eigenvalue weighted by atomic mass is 10.7. The van der Waals surface area contributed by atoms with Crippen LogP contribution < -0.4 is 5.32 Å². The first-order valence-corrected chi connectivity index (χ1v) is 3.76. The minimum Gasteiger partial charge on any atom is -0.448 e. The highest BCUT2D eigenvalue weighted by Gasteiger charge is 2.06. The fourth-order valence-corrected chi connectivity index (χ4v) is 0.348. The molecular weight excluding hydrogens is 200 g/mol. The van der Waals surface area contributed by atoms with Crippen molar-refractivity contribution in [1.29, 1.82) is 0 Å². The Bertz CT molecular complexity index is 97.9. The molecule has 0 unspecified atom stereocenters. The molecule has 1 saturated heterocycles. The van der Waals surface area contributed by atoms with Gasteiger partial charge in [-0.1, -0.05) is 34.8 Å². The number of halogens is 3. The highest BCUT2D eigenvalue weighted by Crippen LogP contribution is 2.03. The Kier molecular flexibility index (Phi) is 5.97. The summed E-state index contributed by atoms with van der Waals surface area (Å²) < 4.78 is 3.65. The number of rotatable bonds is 0. The van der Waals surface area contributed by atoms with Crippen LogP contribution in [0.15, 0.2) is 0 Å². The van der Waals surface area contributed by atoms with E-state index in [9.17, 15) is 4.79 Å². The van der Waals surface area contributed by atoms with Gasteiger partial charge in [-0.15, -0.1) is 0 Å². The number of carbonyl (C=O) groups is 1. The van der Waals surface area contributed by atoms with E-state index in [1.165, 1.54) is 0 Å². The molecule has 0 atom stereocenters. The Morgan fingerprint density at radius 2 is 2.00 bits per heavy atom. The van der Waals surface area contributed by atoms with E-state index in [4.69, 9.17) is 34.8 Å². The number of ether oxygens (including phenoxy) is 1.